The number of ether oxygens (including phenoxy) is 2. The lowest BCUT2D eigenvalue weighted by Crippen LogP contribution is -2.08. The highest BCUT2D eigenvalue weighted by molar-refractivity contribution is 7.80. The van der Waals surface area contributed by atoms with Gasteiger partial charge in [0.2, 0.25) is 0 Å². The maximum atomic E-state index is 5.84. The van der Waals surface area contributed by atoms with Crippen molar-refractivity contribution < 1.29 is 9.47 Å². The molecule has 0 unspecified atom stereocenters. The standard InChI is InChI=1S/C8H9ClN2O2S/c1-12-6-4(9)3-11-7(10)5(6)8(14)13-2/h3H,1-2H3,(H2,10,11). The largest absolute Gasteiger partial charge is 0.494 e. The molecule has 0 spiro atoms. The first-order chi connectivity index (χ1) is 6.61. The molecule has 2 N–H and O–H groups in total. The molecule has 14 heavy (non-hydrogen) atoms. The molecule has 0 aliphatic heterocycles. The van der Waals surface area contributed by atoms with E-state index in [0.29, 0.717) is 16.3 Å². The molecular weight excluding hydrogens is 224 g/mol. The molecule has 6 heteroatoms. The summed E-state index contributed by atoms with van der Waals surface area (Å²) in [5.74, 6) is 0.615. The number of methoxy groups -OCH3 is 2. The second-order valence-electron chi connectivity index (χ2n) is 2.39. The van der Waals surface area contributed by atoms with Crippen LogP contribution in [-0.2, 0) is 4.74 Å². The van der Waals surface area contributed by atoms with E-state index in [1.807, 2.05) is 0 Å². The van der Waals surface area contributed by atoms with Crippen molar-refractivity contribution in [1.82, 2.24) is 4.98 Å². The van der Waals surface area contributed by atoms with Gasteiger partial charge in [-0.2, -0.15) is 0 Å². The second kappa shape index (κ2) is 4.43. The lowest BCUT2D eigenvalue weighted by Gasteiger charge is -2.11. The Labute approximate surface area is 92.0 Å². The van der Waals surface area contributed by atoms with Crippen LogP contribution in [0, 0.1) is 0 Å². The molecule has 0 aromatic carbocycles. The molecule has 4 nitrogen and oxygen atoms in total. The fraction of sp³-hybridized carbons (Fsp3) is 0.250. The van der Waals surface area contributed by atoms with Crippen LogP contribution in [0.1, 0.15) is 5.56 Å². The molecule has 1 aromatic heterocycles. The number of rotatable bonds is 2. The monoisotopic (exact) mass is 232 g/mol. The van der Waals surface area contributed by atoms with Gasteiger partial charge in [-0.3, -0.25) is 0 Å². The van der Waals surface area contributed by atoms with Crippen molar-refractivity contribution in [3.63, 3.8) is 0 Å². The Balaban J connectivity index is 3.37. The highest BCUT2D eigenvalue weighted by Crippen LogP contribution is 2.31. The number of anilines is 1. The van der Waals surface area contributed by atoms with Crippen molar-refractivity contribution in [2.24, 2.45) is 0 Å². The first-order valence-corrected chi connectivity index (χ1v) is 4.46. The van der Waals surface area contributed by atoms with Crippen LogP contribution in [-0.4, -0.2) is 24.3 Å². The van der Waals surface area contributed by atoms with Crippen LogP contribution >= 0.6 is 23.8 Å². The smallest absolute Gasteiger partial charge is 0.198 e. The highest BCUT2D eigenvalue weighted by Gasteiger charge is 2.17. The van der Waals surface area contributed by atoms with Crippen molar-refractivity contribution in [3.8, 4) is 5.75 Å². The number of nitrogens with zero attached hydrogens (tertiary/aromatic N) is 1. The molecule has 0 saturated carbocycles. The Kier molecular flexibility index (Phi) is 3.49. The summed E-state index contributed by atoms with van der Waals surface area (Å²) in [6.07, 6.45) is 1.40. The zero-order valence-electron chi connectivity index (χ0n) is 7.70. The average molecular weight is 233 g/mol. The van der Waals surface area contributed by atoms with Crippen molar-refractivity contribution in [2.45, 2.75) is 0 Å². The topological polar surface area (TPSA) is 57.4 Å². The van der Waals surface area contributed by atoms with E-state index >= 15 is 0 Å². The Hall–Kier alpha value is -1.07. The Morgan fingerprint density at radius 3 is 2.71 bits per heavy atom. The van der Waals surface area contributed by atoms with Gasteiger partial charge in [-0.15, -0.1) is 0 Å². The molecule has 0 atom stereocenters. The third kappa shape index (κ3) is 1.88. The Bertz CT molecular complexity index is 371. The Morgan fingerprint density at radius 2 is 2.21 bits per heavy atom. The van der Waals surface area contributed by atoms with E-state index in [1.165, 1.54) is 20.4 Å². The van der Waals surface area contributed by atoms with Gasteiger partial charge in [0.25, 0.3) is 0 Å². The average Bonchev–Trinajstić information content (AvgIpc) is 2.19. The van der Waals surface area contributed by atoms with Gasteiger partial charge < -0.3 is 15.2 Å². The highest BCUT2D eigenvalue weighted by atomic mass is 35.5. The number of nitrogen functional groups attached to an aromatic ring is 1. The number of thiocarbonyl (C=S) groups is 1. The Morgan fingerprint density at radius 1 is 1.57 bits per heavy atom. The first kappa shape index (κ1) is 11.0. The molecule has 0 saturated heterocycles. The van der Waals surface area contributed by atoms with Crippen LogP contribution in [0.5, 0.6) is 5.75 Å². The number of nitrogens with two attached hydrogens (primary N) is 1. The van der Waals surface area contributed by atoms with Gasteiger partial charge in [-0.05, 0) is 12.2 Å². The SMILES string of the molecule is COC(=S)c1c(N)ncc(Cl)c1OC. The maximum absolute atomic E-state index is 5.84. The van der Waals surface area contributed by atoms with Crippen LogP contribution in [0.2, 0.25) is 5.02 Å². The van der Waals surface area contributed by atoms with E-state index in [-0.39, 0.29) is 10.9 Å². The summed E-state index contributed by atoms with van der Waals surface area (Å²) in [6, 6.07) is 0. The van der Waals surface area contributed by atoms with Crippen LogP contribution in [0.25, 0.3) is 0 Å². The molecule has 1 rings (SSSR count). The summed E-state index contributed by atoms with van der Waals surface area (Å²) in [5, 5.41) is 0.547. The number of halogens is 1. The summed E-state index contributed by atoms with van der Waals surface area (Å²) < 4.78 is 9.95. The number of hydrogen-bond donors (Lipinski definition) is 1. The minimum absolute atomic E-state index is 0.203. The summed E-state index contributed by atoms with van der Waals surface area (Å²) >= 11 is 10.8. The van der Waals surface area contributed by atoms with Crippen molar-refractivity contribution in [1.29, 1.82) is 0 Å². The van der Waals surface area contributed by atoms with Crippen LogP contribution in [0.4, 0.5) is 5.82 Å². The molecular formula is C8H9ClN2O2S. The van der Waals surface area contributed by atoms with Gasteiger partial charge in [-0.25, -0.2) is 4.98 Å². The van der Waals surface area contributed by atoms with Gasteiger partial charge in [0.15, 0.2) is 10.8 Å². The summed E-state index contributed by atoms with van der Waals surface area (Å²) in [7, 11) is 2.92. The van der Waals surface area contributed by atoms with E-state index in [0.717, 1.165) is 0 Å². The zero-order chi connectivity index (χ0) is 10.7. The first-order valence-electron chi connectivity index (χ1n) is 3.68. The quantitative estimate of drug-likeness (QED) is 0.786. The molecule has 1 aromatic rings. The van der Waals surface area contributed by atoms with Gasteiger partial charge in [0.1, 0.15) is 16.4 Å². The molecule has 1 heterocycles. The molecule has 0 aliphatic rings. The molecule has 0 aliphatic carbocycles. The molecule has 76 valence electrons. The third-order valence-electron chi connectivity index (χ3n) is 1.61. The second-order valence-corrected chi connectivity index (χ2v) is 3.17. The predicted molar refractivity (Wildman–Crippen MR) is 58.9 cm³/mol. The molecule has 0 amide bonds. The molecule has 0 bridgehead atoms. The minimum Gasteiger partial charge on any atom is -0.494 e. The van der Waals surface area contributed by atoms with Gasteiger partial charge in [0.05, 0.1) is 20.4 Å². The van der Waals surface area contributed by atoms with Gasteiger partial charge >= 0.3 is 0 Å². The van der Waals surface area contributed by atoms with Crippen LogP contribution in [0.3, 0.4) is 0 Å². The molecule has 0 radical (unpaired) electrons. The van der Waals surface area contributed by atoms with Crippen molar-refractivity contribution >= 4 is 34.7 Å². The van der Waals surface area contributed by atoms with E-state index in [4.69, 9.17) is 39.0 Å². The summed E-state index contributed by atoms with van der Waals surface area (Å²) in [4.78, 5) is 3.85. The van der Waals surface area contributed by atoms with Crippen molar-refractivity contribution in [3.05, 3.63) is 16.8 Å². The van der Waals surface area contributed by atoms with E-state index in [2.05, 4.69) is 4.98 Å². The third-order valence-corrected chi connectivity index (χ3v) is 2.25. The minimum atomic E-state index is 0.203. The van der Waals surface area contributed by atoms with Gasteiger partial charge in [-0.1, -0.05) is 11.6 Å². The number of aromatic nitrogens is 1. The summed E-state index contributed by atoms with van der Waals surface area (Å²) in [5.41, 5.74) is 6.04. The zero-order valence-corrected chi connectivity index (χ0v) is 9.28. The normalized spacial score (nSPS) is 9.64. The van der Waals surface area contributed by atoms with Crippen LogP contribution in [0.15, 0.2) is 6.20 Å². The fourth-order valence-electron chi connectivity index (χ4n) is 0.984. The van der Waals surface area contributed by atoms with Crippen LogP contribution < -0.4 is 10.5 Å². The van der Waals surface area contributed by atoms with Crippen molar-refractivity contribution in [2.75, 3.05) is 20.0 Å². The van der Waals surface area contributed by atoms with E-state index < -0.39 is 0 Å². The predicted octanol–water partition coefficient (Wildman–Crippen LogP) is 1.65. The number of pyridine rings is 1. The number of hydrogen-bond acceptors (Lipinski definition) is 5. The fourth-order valence-corrected chi connectivity index (χ4v) is 1.40. The van der Waals surface area contributed by atoms with E-state index in [9.17, 15) is 0 Å². The lowest BCUT2D eigenvalue weighted by atomic mass is 10.2. The molecule has 0 fully saturated rings. The van der Waals surface area contributed by atoms with E-state index in [1.54, 1.807) is 0 Å². The van der Waals surface area contributed by atoms with Gasteiger partial charge in [0, 0.05) is 0 Å². The lowest BCUT2D eigenvalue weighted by molar-refractivity contribution is 0.397. The maximum Gasteiger partial charge on any atom is 0.198 e. The summed E-state index contributed by atoms with van der Waals surface area (Å²) in [6.45, 7) is 0.